The highest BCUT2D eigenvalue weighted by molar-refractivity contribution is 6.33. The molecule has 5 nitrogen and oxygen atoms in total. The summed E-state index contributed by atoms with van der Waals surface area (Å²) in [6.07, 6.45) is 3.41. The number of halogens is 3. The molecule has 0 N–H and O–H groups in total. The third kappa shape index (κ3) is 12.7. The van der Waals surface area contributed by atoms with Gasteiger partial charge in [-0.05, 0) is 48.4 Å². The lowest BCUT2D eigenvalue weighted by Gasteiger charge is -2.01. The Hall–Kier alpha value is -2.47. The lowest BCUT2D eigenvalue weighted by Crippen LogP contribution is -1.96. The SMILES string of the molecule is C=O.C=O.CC.CC(=O)c1cn(Cc2ccc(Cl)cc2)cn1.Cc1cc(Cl)ccc1Cl. The van der Waals surface area contributed by atoms with Crippen LogP contribution in [-0.2, 0) is 16.1 Å². The minimum atomic E-state index is -0.0187. The van der Waals surface area contributed by atoms with E-state index in [2.05, 4.69) is 4.98 Å². The van der Waals surface area contributed by atoms with Crippen molar-refractivity contribution in [1.82, 2.24) is 9.55 Å². The van der Waals surface area contributed by atoms with E-state index >= 15 is 0 Å². The fraction of sp³-hybridized carbons (Fsp3) is 0.217. The number of aromatic nitrogens is 2. The van der Waals surface area contributed by atoms with Crippen molar-refractivity contribution in [2.75, 3.05) is 0 Å². The van der Waals surface area contributed by atoms with Crippen molar-refractivity contribution >= 4 is 54.2 Å². The number of hydrogen-bond acceptors (Lipinski definition) is 4. The van der Waals surface area contributed by atoms with Crippen LogP contribution in [0.1, 0.15) is 42.4 Å². The van der Waals surface area contributed by atoms with Gasteiger partial charge in [0.25, 0.3) is 0 Å². The minimum Gasteiger partial charge on any atom is -0.332 e. The average Bonchev–Trinajstić information content (AvgIpc) is 3.26. The lowest BCUT2D eigenvalue weighted by atomic mass is 10.2. The molecule has 0 atom stereocenters. The van der Waals surface area contributed by atoms with E-state index in [0.29, 0.717) is 12.2 Å². The van der Waals surface area contributed by atoms with Crippen LogP contribution in [0.3, 0.4) is 0 Å². The minimum absolute atomic E-state index is 0.0187. The number of Topliss-reactive ketones (excluding diaryl/α,β-unsaturated/α-hetero) is 1. The maximum Gasteiger partial charge on any atom is 0.179 e. The molecule has 168 valence electrons. The van der Waals surface area contributed by atoms with Gasteiger partial charge in [-0.2, -0.15) is 0 Å². The second kappa shape index (κ2) is 18.3. The number of carbonyl (C=O) groups is 3. The Morgan fingerprint density at radius 2 is 1.45 bits per heavy atom. The Bertz CT molecular complexity index is 895. The smallest absolute Gasteiger partial charge is 0.179 e. The van der Waals surface area contributed by atoms with E-state index in [4.69, 9.17) is 44.4 Å². The summed E-state index contributed by atoms with van der Waals surface area (Å²) < 4.78 is 1.87. The van der Waals surface area contributed by atoms with Crippen molar-refractivity contribution in [3.05, 3.63) is 86.9 Å². The van der Waals surface area contributed by atoms with Gasteiger partial charge >= 0.3 is 0 Å². The highest BCUT2D eigenvalue weighted by atomic mass is 35.5. The van der Waals surface area contributed by atoms with Gasteiger partial charge in [-0.25, -0.2) is 4.98 Å². The van der Waals surface area contributed by atoms with Gasteiger partial charge in [0, 0.05) is 34.7 Å². The molecule has 3 rings (SSSR count). The standard InChI is InChI=1S/C12H11ClN2O.C7H6Cl2.C2H6.2CH2O/c1-9(16)12-7-15(8-14-12)6-10-2-4-11(13)5-3-10;1-5-4-6(8)2-3-7(5)9;3*1-2/h2-5,7-8H,6H2,1H3;2-4H,1H3;1-2H3;2*1H2. The molecule has 0 saturated heterocycles. The van der Waals surface area contributed by atoms with E-state index < -0.39 is 0 Å². The fourth-order valence-electron chi connectivity index (χ4n) is 2.04. The number of benzene rings is 2. The van der Waals surface area contributed by atoms with Crippen LogP contribution in [0.15, 0.2) is 55.0 Å². The molecule has 1 aromatic heterocycles. The molecular formula is C23H27Cl3N2O3. The van der Waals surface area contributed by atoms with Crippen LogP contribution in [0, 0.1) is 6.92 Å². The quantitative estimate of drug-likeness (QED) is 0.385. The maximum atomic E-state index is 11.1. The first kappa shape index (κ1) is 30.7. The molecule has 3 aromatic rings. The summed E-state index contributed by atoms with van der Waals surface area (Å²) in [5.41, 5.74) is 2.63. The third-order valence-corrected chi connectivity index (χ3v) is 4.30. The van der Waals surface area contributed by atoms with Gasteiger partial charge in [0.05, 0.1) is 6.33 Å². The summed E-state index contributed by atoms with van der Waals surface area (Å²) in [7, 11) is 0. The number of aryl methyl sites for hydroxylation is 1. The Balaban J connectivity index is 0. The van der Waals surface area contributed by atoms with Crippen LogP contribution < -0.4 is 0 Å². The highest BCUT2D eigenvalue weighted by Crippen LogP contribution is 2.18. The number of ketones is 1. The van der Waals surface area contributed by atoms with Gasteiger partial charge in [-0.1, -0.05) is 60.8 Å². The molecule has 0 aliphatic carbocycles. The van der Waals surface area contributed by atoms with E-state index in [0.717, 1.165) is 26.2 Å². The summed E-state index contributed by atoms with van der Waals surface area (Å²) in [4.78, 5) is 31.1. The molecular weight excluding hydrogens is 459 g/mol. The molecule has 0 bridgehead atoms. The van der Waals surface area contributed by atoms with E-state index in [9.17, 15) is 4.79 Å². The van der Waals surface area contributed by atoms with Gasteiger partial charge in [0.15, 0.2) is 5.78 Å². The first-order valence-corrected chi connectivity index (χ1v) is 10.2. The van der Waals surface area contributed by atoms with Crippen molar-refractivity contribution in [1.29, 1.82) is 0 Å². The van der Waals surface area contributed by atoms with Crippen LogP contribution in [0.2, 0.25) is 15.1 Å². The summed E-state index contributed by atoms with van der Waals surface area (Å²) in [5.74, 6) is -0.0187. The maximum absolute atomic E-state index is 11.1. The topological polar surface area (TPSA) is 69.0 Å². The fourth-order valence-corrected chi connectivity index (χ4v) is 2.51. The molecule has 0 unspecified atom stereocenters. The van der Waals surface area contributed by atoms with Gasteiger partial charge < -0.3 is 14.2 Å². The van der Waals surface area contributed by atoms with Crippen LogP contribution in [0.25, 0.3) is 0 Å². The molecule has 0 aliphatic heterocycles. The number of hydrogen-bond donors (Lipinski definition) is 0. The molecule has 31 heavy (non-hydrogen) atoms. The normalized spacial score (nSPS) is 8.61. The highest BCUT2D eigenvalue weighted by Gasteiger charge is 2.03. The Morgan fingerprint density at radius 1 is 0.935 bits per heavy atom. The lowest BCUT2D eigenvalue weighted by molar-refractivity contribution is -0.0987. The number of nitrogens with zero attached hydrogens (tertiary/aromatic N) is 2. The number of carbonyl (C=O) groups excluding carboxylic acids is 3. The second-order valence-electron chi connectivity index (χ2n) is 5.51. The van der Waals surface area contributed by atoms with E-state index in [-0.39, 0.29) is 5.78 Å². The molecule has 0 spiro atoms. The Labute approximate surface area is 199 Å². The van der Waals surface area contributed by atoms with Gasteiger partial charge in [-0.3, -0.25) is 4.79 Å². The van der Waals surface area contributed by atoms with Crippen LogP contribution in [0.5, 0.6) is 0 Å². The van der Waals surface area contributed by atoms with Crippen molar-refractivity contribution in [2.45, 2.75) is 34.2 Å². The van der Waals surface area contributed by atoms with E-state index in [1.807, 2.05) is 69.2 Å². The molecule has 2 aromatic carbocycles. The second-order valence-corrected chi connectivity index (χ2v) is 6.79. The zero-order valence-electron chi connectivity index (χ0n) is 18.1. The molecule has 0 radical (unpaired) electrons. The third-order valence-electron chi connectivity index (χ3n) is 3.39. The Morgan fingerprint density at radius 3 is 1.87 bits per heavy atom. The zero-order valence-corrected chi connectivity index (χ0v) is 20.3. The van der Waals surface area contributed by atoms with Gasteiger partial charge in [-0.15, -0.1) is 0 Å². The molecule has 0 saturated carbocycles. The Kier molecular flexibility index (Phi) is 18.1. The summed E-state index contributed by atoms with van der Waals surface area (Å²) in [6, 6.07) is 13.0. The number of rotatable bonds is 3. The number of imidazole rings is 1. The molecule has 0 amide bonds. The van der Waals surface area contributed by atoms with Crippen molar-refractivity contribution in [3.63, 3.8) is 0 Å². The summed E-state index contributed by atoms with van der Waals surface area (Å²) >= 11 is 17.2. The molecule has 0 aliphatic rings. The molecule has 1 heterocycles. The largest absolute Gasteiger partial charge is 0.332 e. The first-order chi connectivity index (χ1) is 14.8. The monoisotopic (exact) mass is 484 g/mol. The molecule has 0 fully saturated rings. The van der Waals surface area contributed by atoms with Crippen molar-refractivity contribution in [3.8, 4) is 0 Å². The van der Waals surface area contributed by atoms with Crippen LogP contribution in [-0.4, -0.2) is 28.9 Å². The zero-order chi connectivity index (χ0) is 24.4. The van der Waals surface area contributed by atoms with E-state index in [1.165, 1.54) is 6.92 Å². The van der Waals surface area contributed by atoms with Crippen molar-refractivity contribution in [2.24, 2.45) is 0 Å². The van der Waals surface area contributed by atoms with Crippen molar-refractivity contribution < 1.29 is 14.4 Å². The van der Waals surface area contributed by atoms with Crippen LogP contribution >= 0.6 is 34.8 Å². The summed E-state index contributed by atoms with van der Waals surface area (Å²) in [5, 5.41) is 2.22. The summed E-state index contributed by atoms with van der Waals surface area (Å²) in [6.45, 7) is 12.1. The first-order valence-electron chi connectivity index (χ1n) is 9.11. The average molecular weight is 486 g/mol. The van der Waals surface area contributed by atoms with Gasteiger partial charge in [0.2, 0.25) is 0 Å². The van der Waals surface area contributed by atoms with Gasteiger partial charge in [0.1, 0.15) is 19.3 Å². The molecule has 8 heteroatoms. The predicted molar refractivity (Wildman–Crippen MR) is 130 cm³/mol. The predicted octanol–water partition coefficient (Wildman–Crippen LogP) is 6.75. The van der Waals surface area contributed by atoms with E-state index in [1.54, 1.807) is 24.7 Å². The van der Waals surface area contributed by atoms with Crippen LogP contribution in [0.4, 0.5) is 0 Å².